The lowest BCUT2D eigenvalue weighted by Crippen LogP contribution is -2.38. The van der Waals surface area contributed by atoms with Crippen molar-refractivity contribution in [2.45, 2.75) is 38.1 Å². The van der Waals surface area contributed by atoms with E-state index in [1.165, 1.54) is 19.3 Å². The van der Waals surface area contributed by atoms with Crippen molar-refractivity contribution >= 4 is 21.8 Å². The summed E-state index contributed by atoms with van der Waals surface area (Å²) in [5.74, 6) is 0.679. The number of nitrogens with zero attached hydrogens (tertiary/aromatic N) is 1. The number of methoxy groups -OCH3 is 1. The Bertz CT molecular complexity index is 455. The molecule has 0 spiro atoms. The molecule has 0 N–H and O–H groups in total. The van der Waals surface area contributed by atoms with Crippen LogP contribution in [0.25, 0.3) is 0 Å². The van der Waals surface area contributed by atoms with Gasteiger partial charge >= 0.3 is 0 Å². The minimum Gasteiger partial charge on any atom is -0.496 e. The van der Waals surface area contributed by atoms with Gasteiger partial charge in [0, 0.05) is 17.6 Å². The van der Waals surface area contributed by atoms with Gasteiger partial charge in [0.1, 0.15) is 5.75 Å². The maximum atomic E-state index is 12.6. The molecule has 4 heteroatoms. The molecule has 0 bridgehead atoms. The molecule has 1 aromatic rings. The lowest BCUT2D eigenvalue weighted by Gasteiger charge is -2.31. The molecule has 0 unspecified atom stereocenters. The quantitative estimate of drug-likeness (QED) is 0.844. The van der Waals surface area contributed by atoms with Crippen molar-refractivity contribution in [2.75, 3.05) is 14.2 Å². The van der Waals surface area contributed by atoms with Gasteiger partial charge in [0.05, 0.1) is 12.7 Å². The van der Waals surface area contributed by atoms with Crippen molar-refractivity contribution in [2.24, 2.45) is 0 Å². The van der Waals surface area contributed by atoms with Crippen LogP contribution >= 0.6 is 15.9 Å². The van der Waals surface area contributed by atoms with Gasteiger partial charge in [-0.1, -0.05) is 35.2 Å². The molecule has 3 nitrogen and oxygen atoms in total. The van der Waals surface area contributed by atoms with Crippen molar-refractivity contribution < 1.29 is 9.53 Å². The van der Waals surface area contributed by atoms with Crippen LogP contribution < -0.4 is 4.74 Å². The average Bonchev–Trinajstić information content (AvgIpc) is 2.46. The molecule has 1 amide bonds. The standard InChI is InChI=1S/C15H20BrNO2/c1-17(12-6-4-3-5-7-12)15(18)13-9-8-11(16)10-14(13)19-2/h8-10,12H,3-7H2,1-2H3. The van der Waals surface area contributed by atoms with E-state index >= 15 is 0 Å². The molecule has 0 saturated heterocycles. The van der Waals surface area contributed by atoms with Crippen molar-refractivity contribution in [3.8, 4) is 5.75 Å². The summed E-state index contributed by atoms with van der Waals surface area (Å²) in [6, 6.07) is 5.91. The Morgan fingerprint density at radius 2 is 2.00 bits per heavy atom. The molecule has 0 aromatic heterocycles. The first-order valence-corrected chi connectivity index (χ1v) is 7.53. The number of benzene rings is 1. The van der Waals surface area contributed by atoms with Crippen LogP contribution in [0.4, 0.5) is 0 Å². The fourth-order valence-corrected chi connectivity index (χ4v) is 3.01. The van der Waals surface area contributed by atoms with Crippen LogP contribution in [0.15, 0.2) is 22.7 Å². The Morgan fingerprint density at radius 3 is 2.63 bits per heavy atom. The first kappa shape index (κ1) is 14.4. The Labute approximate surface area is 123 Å². The zero-order valence-corrected chi connectivity index (χ0v) is 13.1. The van der Waals surface area contributed by atoms with Gasteiger partial charge in [-0.2, -0.15) is 0 Å². The topological polar surface area (TPSA) is 29.5 Å². The fraction of sp³-hybridized carbons (Fsp3) is 0.533. The second-order valence-electron chi connectivity index (χ2n) is 5.05. The highest BCUT2D eigenvalue weighted by molar-refractivity contribution is 9.10. The van der Waals surface area contributed by atoms with Gasteiger partial charge < -0.3 is 9.64 Å². The van der Waals surface area contributed by atoms with E-state index < -0.39 is 0 Å². The van der Waals surface area contributed by atoms with E-state index in [9.17, 15) is 4.79 Å². The molecule has 19 heavy (non-hydrogen) atoms. The molecule has 0 aliphatic heterocycles. The van der Waals surface area contributed by atoms with Crippen molar-refractivity contribution in [3.63, 3.8) is 0 Å². The highest BCUT2D eigenvalue weighted by Crippen LogP contribution is 2.27. The fourth-order valence-electron chi connectivity index (χ4n) is 2.67. The summed E-state index contributed by atoms with van der Waals surface area (Å²) in [5, 5.41) is 0. The number of hydrogen-bond acceptors (Lipinski definition) is 2. The summed E-state index contributed by atoms with van der Waals surface area (Å²) < 4.78 is 6.23. The van der Waals surface area contributed by atoms with Gasteiger partial charge in [-0.25, -0.2) is 0 Å². The normalized spacial score (nSPS) is 16.2. The van der Waals surface area contributed by atoms with E-state index in [4.69, 9.17) is 4.74 Å². The SMILES string of the molecule is COc1cc(Br)ccc1C(=O)N(C)C1CCCCC1. The minimum absolute atomic E-state index is 0.0521. The summed E-state index contributed by atoms with van der Waals surface area (Å²) in [4.78, 5) is 14.4. The van der Waals surface area contributed by atoms with Crippen molar-refractivity contribution in [1.29, 1.82) is 0 Å². The highest BCUT2D eigenvalue weighted by atomic mass is 79.9. The maximum absolute atomic E-state index is 12.6. The smallest absolute Gasteiger partial charge is 0.257 e. The number of amides is 1. The van der Waals surface area contributed by atoms with Crippen molar-refractivity contribution in [1.82, 2.24) is 4.90 Å². The first-order valence-electron chi connectivity index (χ1n) is 6.74. The maximum Gasteiger partial charge on any atom is 0.257 e. The van der Waals surface area contributed by atoms with Gasteiger partial charge in [0.15, 0.2) is 0 Å². The summed E-state index contributed by atoms with van der Waals surface area (Å²) in [6.45, 7) is 0. The Hall–Kier alpha value is -1.03. The molecule has 1 fully saturated rings. The highest BCUT2D eigenvalue weighted by Gasteiger charge is 2.24. The Morgan fingerprint density at radius 1 is 1.32 bits per heavy atom. The summed E-state index contributed by atoms with van der Waals surface area (Å²) in [7, 11) is 3.50. The predicted octanol–water partition coefficient (Wildman–Crippen LogP) is 3.86. The summed E-state index contributed by atoms with van der Waals surface area (Å²) >= 11 is 3.39. The van der Waals surface area contributed by atoms with Crippen LogP contribution in [0.3, 0.4) is 0 Å². The molecule has 1 aromatic carbocycles. The van der Waals surface area contributed by atoms with Crippen LogP contribution in [-0.4, -0.2) is 31.0 Å². The largest absolute Gasteiger partial charge is 0.496 e. The van der Waals surface area contributed by atoms with Crippen LogP contribution in [0.1, 0.15) is 42.5 Å². The van der Waals surface area contributed by atoms with Crippen LogP contribution in [0.2, 0.25) is 0 Å². The van der Waals surface area contributed by atoms with E-state index in [0.717, 1.165) is 17.3 Å². The van der Waals surface area contributed by atoms with Crippen LogP contribution in [0, 0.1) is 0 Å². The zero-order valence-electron chi connectivity index (χ0n) is 11.5. The minimum atomic E-state index is 0.0521. The number of halogens is 1. The third kappa shape index (κ3) is 3.30. The van der Waals surface area contributed by atoms with E-state index in [-0.39, 0.29) is 5.91 Å². The number of carbonyl (C=O) groups excluding carboxylic acids is 1. The summed E-state index contributed by atoms with van der Waals surface area (Å²) in [6.07, 6.45) is 5.96. The predicted molar refractivity (Wildman–Crippen MR) is 79.7 cm³/mol. The molecular weight excluding hydrogens is 306 g/mol. The number of carbonyl (C=O) groups is 1. The van der Waals surface area contributed by atoms with Gasteiger partial charge in [-0.15, -0.1) is 0 Å². The second-order valence-corrected chi connectivity index (χ2v) is 5.97. The van der Waals surface area contributed by atoms with E-state index in [1.54, 1.807) is 7.11 Å². The third-order valence-electron chi connectivity index (χ3n) is 3.84. The lowest BCUT2D eigenvalue weighted by molar-refractivity contribution is 0.0693. The first-order chi connectivity index (χ1) is 9.13. The molecule has 1 aliphatic rings. The molecule has 104 valence electrons. The molecule has 1 aliphatic carbocycles. The Balaban J connectivity index is 2.18. The number of ether oxygens (including phenoxy) is 1. The Kier molecular flexibility index (Phi) is 4.86. The molecular formula is C15H20BrNO2. The third-order valence-corrected chi connectivity index (χ3v) is 4.33. The van der Waals surface area contributed by atoms with E-state index in [1.807, 2.05) is 30.1 Å². The molecule has 2 rings (SSSR count). The lowest BCUT2D eigenvalue weighted by atomic mass is 9.94. The molecule has 0 heterocycles. The second kappa shape index (κ2) is 6.42. The average molecular weight is 326 g/mol. The van der Waals surface area contributed by atoms with Crippen molar-refractivity contribution in [3.05, 3.63) is 28.2 Å². The van der Waals surface area contributed by atoms with Gasteiger partial charge in [0.2, 0.25) is 0 Å². The summed E-state index contributed by atoms with van der Waals surface area (Å²) in [5.41, 5.74) is 0.638. The zero-order chi connectivity index (χ0) is 13.8. The van der Waals surface area contributed by atoms with Gasteiger partial charge in [0.25, 0.3) is 5.91 Å². The number of rotatable bonds is 3. The molecule has 0 atom stereocenters. The van der Waals surface area contributed by atoms with Gasteiger partial charge in [-0.3, -0.25) is 4.79 Å². The van der Waals surface area contributed by atoms with Gasteiger partial charge in [-0.05, 0) is 31.0 Å². The van der Waals surface area contributed by atoms with Crippen LogP contribution in [0.5, 0.6) is 5.75 Å². The van der Waals surface area contributed by atoms with Crippen LogP contribution in [-0.2, 0) is 0 Å². The monoisotopic (exact) mass is 325 g/mol. The number of hydrogen-bond donors (Lipinski definition) is 0. The molecule has 0 radical (unpaired) electrons. The van der Waals surface area contributed by atoms with E-state index in [2.05, 4.69) is 15.9 Å². The molecule has 1 saturated carbocycles. The van der Waals surface area contributed by atoms with E-state index in [0.29, 0.717) is 17.4 Å².